The van der Waals surface area contributed by atoms with Gasteiger partial charge in [0.2, 0.25) is 11.8 Å². The van der Waals surface area contributed by atoms with Gasteiger partial charge in [0.25, 0.3) is 0 Å². The van der Waals surface area contributed by atoms with Crippen LogP contribution in [-0.4, -0.2) is 47.1 Å². The van der Waals surface area contributed by atoms with Crippen molar-refractivity contribution in [2.45, 2.75) is 32.7 Å². The Morgan fingerprint density at radius 2 is 2.45 bits per heavy atom. The highest BCUT2D eigenvalue weighted by molar-refractivity contribution is 5.78. The van der Waals surface area contributed by atoms with Crippen LogP contribution in [0.25, 0.3) is 0 Å². The lowest BCUT2D eigenvalue weighted by Gasteiger charge is -2.30. The molecule has 1 atom stereocenters. The molecule has 0 bridgehead atoms. The van der Waals surface area contributed by atoms with Gasteiger partial charge in [-0.05, 0) is 19.4 Å². The Bertz CT molecular complexity index is 434. The van der Waals surface area contributed by atoms with E-state index in [2.05, 4.69) is 20.4 Å². The fourth-order valence-corrected chi connectivity index (χ4v) is 2.45. The third kappa shape index (κ3) is 4.01. The van der Waals surface area contributed by atoms with E-state index in [1.165, 1.54) is 0 Å². The van der Waals surface area contributed by atoms with Crippen LogP contribution in [0.1, 0.15) is 31.5 Å². The molecule has 1 aromatic rings. The molecular weight excluding hydrogens is 258 g/mol. The zero-order valence-electron chi connectivity index (χ0n) is 12.0. The van der Waals surface area contributed by atoms with Gasteiger partial charge in [-0.1, -0.05) is 12.1 Å². The summed E-state index contributed by atoms with van der Waals surface area (Å²) in [6, 6.07) is 0. The lowest BCUT2D eigenvalue weighted by Crippen LogP contribution is -2.43. The molecule has 112 valence electrons. The number of nitrogens with zero attached hydrogens (tertiary/aromatic N) is 3. The lowest BCUT2D eigenvalue weighted by molar-refractivity contribution is -0.126. The standard InChI is InChI=1S/C13H23N5O2/c1-2-12-16-11(17-20-12)9-18-7-3-4-10(8-18)13(19)15-6-5-14/h10H,2-9,14H2,1H3,(H,15,19). The molecule has 1 unspecified atom stereocenters. The molecule has 0 aromatic carbocycles. The Labute approximate surface area is 118 Å². The maximum absolute atomic E-state index is 12.0. The molecule has 2 rings (SSSR count). The summed E-state index contributed by atoms with van der Waals surface area (Å²) in [6.45, 7) is 5.36. The monoisotopic (exact) mass is 281 g/mol. The first-order chi connectivity index (χ1) is 9.72. The molecule has 20 heavy (non-hydrogen) atoms. The highest BCUT2D eigenvalue weighted by atomic mass is 16.5. The van der Waals surface area contributed by atoms with Crippen molar-refractivity contribution in [3.63, 3.8) is 0 Å². The average molecular weight is 281 g/mol. The minimum Gasteiger partial charge on any atom is -0.355 e. The van der Waals surface area contributed by atoms with Crippen LogP contribution in [0.3, 0.4) is 0 Å². The summed E-state index contributed by atoms with van der Waals surface area (Å²) in [5.41, 5.74) is 5.40. The van der Waals surface area contributed by atoms with Gasteiger partial charge < -0.3 is 15.6 Å². The van der Waals surface area contributed by atoms with E-state index in [-0.39, 0.29) is 11.8 Å². The van der Waals surface area contributed by atoms with E-state index in [1.54, 1.807) is 0 Å². The molecule has 3 N–H and O–H groups in total. The fourth-order valence-electron chi connectivity index (χ4n) is 2.45. The number of carbonyl (C=O) groups is 1. The lowest BCUT2D eigenvalue weighted by atomic mass is 9.97. The maximum Gasteiger partial charge on any atom is 0.226 e. The second kappa shape index (κ2) is 7.35. The minimum atomic E-state index is 0.0350. The molecule has 7 heteroatoms. The second-order valence-electron chi connectivity index (χ2n) is 5.11. The summed E-state index contributed by atoms with van der Waals surface area (Å²) < 4.78 is 5.10. The van der Waals surface area contributed by atoms with E-state index in [0.29, 0.717) is 31.3 Å². The summed E-state index contributed by atoms with van der Waals surface area (Å²) in [5.74, 6) is 1.49. The average Bonchev–Trinajstić information content (AvgIpc) is 2.92. The van der Waals surface area contributed by atoms with Crippen LogP contribution in [0.2, 0.25) is 0 Å². The van der Waals surface area contributed by atoms with E-state index < -0.39 is 0 Å². The van der Waals surface area contributed by atoms with Crippen LogP contribution in [0.15, 0.2) is 4.52 Å². The van der Waals surface area contributed by atoms with E-state index >= 15 is 0 Å². The quantitative estimate of drug-likeness (QED) is 0.757. The second-order valence-corrected chi connectivity index (χ2v) is 5.11. The Hall–Kier alpha value is -1.47. The van der Waals surface area contributed by atoms with Crippen molar-refractivity contribution >= 4 is 5.91 Å². The number of aromatic nitrogens is 2. The predicted octanol–water partition coefficient (Wildman–Crippen LogP) is -0.0811. The predicted molar refractivity (Wildman–Crippen MR) is 73.7 cm³/mol. The number of piperidine rings is 1. The van der Waals surface area contributed by atoms with Crippen molar-refractivity contribution in [1.29, 1.82) is 0 Å². The fraction of sp³-hybridized carbons (Fsp3) is 0.769. The highest BCUT2D eigenvalue weighted by Crippen LogP contribution is 2.18. The summed E-state index contributed by atoms with van der Waals surface area (Å²) in [7, 11) is 0. The zero-order chi connectivity index (χ0) is 14.4. The first-order valence-electron chi connectivity index (χ1n) is 7.24. The van der Waals surface area contributed by atoms with Crippen molar-refractivity contribution in [3.8, 4) is 0 Å². The molecule has 1 amide bonds. The van der Waals surface area contributed by atoms with Crippen molar-refractivity contribution in [2.24, 2.45) is 11.7 Å². The SMILES string of the molecule is CCc1nc(CN2CCCC(C(=O)NCCN)C2)no1. The van der Waals surface area contributed by atoms with Gasteiger partial charge in [0, 0.05) is 26.1 Å². The minimum absolute atomic E-state index is 0.0350. The van der Waals surface area contributed by atoms with Crippen LogP contribution in [-0.2, 0) is 17.8 Å². The van der Waals surface area contributed by atoms with Crippen LogP contribution >= 0.6 is 0 Å². The van der Waals surface area contributed by atoms with Gasteiger partial charge in [0.05, 0.1) is 12.5 Å². The van der Waals surface area contributed by atoms with Crippen molar-refractivity contribution in [1.82, 2.24) is 20.4 Å². The third-order valence-corrected chi connectivity index (χ3v) is 3.50. The number of rotatable bonds is 6. The summed E-state index contributed by atoms with van der Waals surface area (Å²) in [6.07, 6.45) is 2.69. The van der Waals surface area contributed by atoms with E-state index in [9.17, 15) is 4.79 Å². The maximum atomic E-state index is 12.0. The largest absolute Gasteiger partial charge is 0.355 e. The Morgan fingerprint density at radius 1 is 1.60 bits per heavy atom. The molecule has 2 heterocycles. The van der Waals surface area contributed by atoms with Crippen molar-refractivity contribution < 1.29 is 9.32 Å². The van der Waals surface area contributed by atoms with Crippen LogP contribution in [0, 0.1) is 5.92 Å². The van der Waals surface area contributed by atoms with Gasteiger partial charge in [-0.15, -0.1) is 0 Å². The molecule has 1 saturated heterocycles. The molecular formula is C13H23N5O2. The molecule has 1 fully saturated rings. The topological polar surface area (TPSA) is 97.3 Å². The van der Waals surface area contributed by atoms with E-state index in [4.69, 9.17) is 10.3 Å². The third-order valence-electron chi connectivity index (χ3n) is 3.50. The molecule has 0 saturated carbocycles. The van der Waals surface area contributed by atoms with Crippen LogP contribution in [0.4, 0.5) is 0 Å². The number of hydrogen-bond acceptors (Lipinski definition) is 6. The molecule has 0 radical (unpaired) electrons. The Morgan fingerprint density at radius 3 is 3.15 bits per heavy atom. The van der Waals surface area contributed by atoms with Gasteiger partial charge in [-0.3, -0.25) is 9.69 Å². The summed E-state index contributed by atoms with van der Waals surface area (Å²) in [4.78, 5) is 18.5. The summed E-state index contributed by atoms with van der Waals surface area (Å²) in [5, 5.41) is 6.82. The van der Waals surface area contributed by atoms with Gasteiger partial charge in [-0.2, -0.15) is 4.98 Å². The number of amides is 1. The zero-order valence-corrected chi connectivity index (χ0v) is 12.0. The van der Waals surface area contributed by atoms with Gasteiger partial charge >= 0.3 is 0 Å². The smallest absolute Gasteiger partial charge is 0.226 e. The van der Waals surface area contributed by atoms with E-state index in [0.717, 1.165) is 32.4 Å². The molecule has 0 spiro atoms. The van der Waals surface area contributed by atoms with Crippen molar-refractivity contribution in [2.75, 3.05) is 26.2 Å². The molecule has 1 aliphatic heterocycles. The number of nitrogens with one attached hydrogen (secondary N) is 1. The molecule has 1 aliphatic rings. The molecule has 0 aliphatic carbocycles. The van der Waals surface area contributed by atoms with Crippen LogP contribution < -0.4 is 11.1 Å². The van der Waals surface area contributed by atoms with E-state index in [1.807, 2.05) is 6.92 Å². The number of hydrogen-bond donors (Lipinski definition) is 2. The summed E-state index contributed by atoms with van der Waals surface area (Å²) >= 11 is 0. The number of carbonyl (C=O) groups excluding carboxylic acids is 1. The normalized spacial score (nSPS) is 20.0. The number of nitrogens with two attached hydrogens (primary N) is 1. The van der Waals surface area contributed by atoms with Crippen molar-refractivity contribution in [3.05, 3.63) is 11.7 Å². The first kappa shape index (κ1) is 14.9. The van der Waals surface area contributed by atoms with Crippen LogP contribution in [0.5, 0.6) is 0 Å². The Balaban J connectivity index is 1.85. The molecule has 7 nitrogen and oxygen atoms in total. The first-order valence-corrected chi connectivity index (χ1v) is 7.24. The number of likely N-dealkylation sites (tertiary alicyclic amines) is 1. The van der Waals surface area contributed by atoms with Gasteiger partial charge in [-0.25, -0.2) is 0 Å². The number of aryl methyl sites for hydroxylation is 1. The van der Waals surface area contributed by atoms with Gasteiger partial charge in [0.15, 0.2) is 5.82 Å². The Kier molecular flexibility index (Phi) is 5.49. The van der Waals surface area contributed by atoms with Gasteiger partial charge in [0.1, 0.15) is 0 Å². The molecule has 1 aromatic heterocycles. The highest BCUT2D eigenvalue weighted by Gasteiger charge is 2.26.